The Morgan fingerprint density at radius 3 is 2.42 bits per heavy atom. The first-order valence-corrected chi connectivity index (χ1v) is 13.0. The Bertz CT molecular complexity index is 1730. The predicted octanol–water partition coefficient (Wildman–Crippen LogP) is 5.53. The fourth-order valence-electron chi connectivity index (χ4n) is 4.64. The topological polar surface area (TPSA) is 110 Å². The number of fused-ring (bicyclic) bond motifs is 1. The molecule has 1 fully saturated rings. The third-order valence-electron chi connectivity index (χ3n) is 6.77. The number of nitrogens with zero attached hydrogens (tertiary/aromatic N) is 3. The maximum absolute atomic E-state index is 15.2. The predicted molar refractivity (Wildman–Crippen MR) is 154 cm³/mol. The summed E-state index contributed by atoms with van der Waals surface area (Å²) >= 11 is 0. The average molecular weight is 589 g/mol. The molecule has 3 aromatic carbocycles. The van der Waals surface area contributed by atoms with Crippen LogP contribution in [-0.4, -0.2) is 55.0 Å². The molecule has 1 saturated heterocycles. The van der Waals surface area contributed by atoms with Crippen molar-refractivity contribution in [1.29, 1.82) is 0 Å². The van der Waals surface area contributed by atoms with Crippen LogP contribution in [0.15, 0.2) is 79.5 Å². The van der Waals surface area contributed by atoms with E-state index < -0.39 is 35.4 Å². The van der Waals surface area contributed by atoms with E-state index in [9.17, 15) is 18.8 Å². The lowest BCUT2D eigenvalue weighted by Crippen LogP contribution is -2.59. The summed E-state index contributed by atoms with van der Waals surface area (Å²) in [6.07, 6.45) is 2.98. The number of pyridine rings is 1. The third kappa shape index (κ3) is 5.80. The molecule has 2 heterocycles. The molecule has 0 spiro atoms. The number of urea groups is 1. The first-order valence-electron chi connectivity index (χ1n) is 13.0. The van der Waals surface area contributed by atoms with Crippen LogP contribution in [0.5, 0.6) is 23.0 Å². The number of carbonyl (C=O) groups is 3. The van der Waals surface area contributed by atoms with Crippen LogP contribution < -0.4 is 24.4 Å². The Morgan fingerprint density at radius 2 is 1.74 bits per heavy atom. The summed E-state index contributed by atoms with van der Waals surface area (Å²) < 4.78 is 45.3. The Labute approximate surface area is 245 Å². The molecule has 1 atom stereocenters. The third-order valence-corrected chi connectivity index (χ3v) is 6.77. The first-order chi connectivity index (χ1) is 20.7. The van der Waals surface area contributed by atoms with Crippen LogP contribution in [0.4, 0.5) is 25.0 Å². The largest absolute Gasteiger partial charge is 0.493 e. The molecule has 1 aromatic heterocycles. The highest BCUT2D eigenvalue weighted by Crippen LogP contribution is 2.37. The molecular weight excluding hydrogens is 562 g/mol. The summed E-state index contributed by atoms with van der Waals surface area (Å²) in [5, 5.41) is 3.03. The van der Waals surface area contributed by atoms with Crippen LogP contribution in [0.1, 0.15) is 0 Å². The summed E-state index contributed by atoms with van der Waals surface area (Å²) in [6, 6.07) is 12.9. The van der Waals surface area contributed by atoms with Crippen LogP contribution in [0.2, 0.25) is 0 Å². The number of anilines is 2. The summed E-state index contributed by atoms with van der Waals surface area (Å²) in [5.41, 5.74) is 0.460. The second-order valence-corrected chi connectivity index (χ2v) is 9.45. The molecule has 1 N–H and O–H groups in total. The van der Waals surface area contributed by atoms with E-state index in [2.05, 4.69) is 16.9 Å². The minimum Gasteiger partial charge on any atom is -0.493 e. The summed E-state index contributed by atoms with van der Waals surface area (Å²) in [7, 11) is 3.01. The fraction of sp³-hybridized carbons (Fsp3) is 0.161. The van der Waals surface area contributed by atoms with Gasteiger partial charge in [-0.2, -0.15) is 0 Å². The number of ether oxygens (including phenoxy) is 3. The summed E-state index contributed by atoms with van der Waals surface area (Å²) in [5.74, 6) is -2.94. The van der Waals surface area contributed by atoms with Gasteiger partial charge in [-0.15, -0.1) is 6.58 Å². The zero-order valence-electron chi connectivity index (χ0n) is 23.2. The van der Waals surface area contributed by atoms with E-state index in [1.807, 2.05) is 0 Å². The van der Waals surface area contributed by atoms with Crippen molar-refractivity contribution in [2.24, 2.45) is 5.92 Å². The van der Waals surface area contributed by atoms with Gasteiger partial charge in [0.15, 0.2) is 11.5 Å². The van der Waals surface area contributed by atoms with E-state index >= 15 is 4.39 Å². The van der Waals surface area contributed by atoms with Gasteiger partial charge in [-0.3, -0.25) is 14.6 Å². The van der Waals surface area contributed by atoms with Crippen LogP contribution in [0, 0.1) is 17.6 Å². The van der Waals surface area contributed by atoms with Gasteiger partial charge in [0.2, 0.25) is 11.8 Å². The quantitative estimate of drug-likeness (QED) is 0.202. The maximum atomic E-state index is 15.2. The number of carbonyl (C=O) groups excluding carboxylic acids is 3. The van der Waals surface area contributed by atoms with Gasteiger partial charge in [0, 0.05) is 36.8 Å². The number of benzene rings is 3. The van der Waals surface area contributed by atoms with Gasteiger partial charge in [0.05, 0.1) is 31.1 Å². The van der Waals surface area contributed by atoms with Gasteiger partial charge in [0.25, 0.3) is 0 Å². The van der Waals surface area contributed by atoms with Crippen molar-refractivity contribution in [2.75, 3.05) is 37.5 Å². The van der Waals surface area contributed by atoms with E-state index in [1.165, 1.54) is 55.7 Å². The fourth-order valence-corrected chi connectivity index (χ4v) is 4.64. The van der Waals surface area contributed by atoms with Crippen molar-refractivity contribution in [3.8, 4) is 23.0 Å². The first kappa shape index (κ1) is 29.0. The molecule has 0 aliphatic carbocycles. The molecule has 1 aliphatic rings. The highest BCUT2D eigenvalue weighted by Gasteiger charge is 2.43. The number of hydrogen-bond donors (Lipinski definition) is 1. The normalized spacial score (nSPS) is 14.9. The smallest absolute Gasteiger partial charge is 0.331 e. The van der Waals surface area contributed by atoms with Gasteiger partial charge in [-0.05, 0) is 48.5 Å². The molecule has 0 saturated carbocycles. The van der Waals surface area contributed by atoms with E-state index in [0.29, 0.717) is 28.2 Å². The molecule has 4 aromatic rings. The minimum atomic E-state index is -1.37. The molecule has 5 rings (SSSR count). The summed E-state index contributed by atoms with van der Waals surface area (Å²) in [6.45, 7) is 3.42. The Morgan fingerprint density at radius 1 is 1.02 bits per heavy atom. The van der Waals surface area contributed by atoms with Gasteiger partial charge in [-0.1, -0.05) is 6.08 Å². The van der Waals surface area contributed by atoms with Crippen LogP contribution in [0.25, 0.3) is 10.9 Å². The standard InChI is InChI=1S/C31H26F2N4O6/c1-4-13-36-17-22(30(39)37(31(36)40)19-7-5-18(32)6-8-19)29(38)35-24-10-9-20(14-23(24)33)43-26-11-12-34-25-16-28(42-3)27(41-2)15-21(25)26/h4-12,14-16,22H,1,13,17H2,2-3H3,(H,35,38). The molecule has 4 amide bonds. The van der Waals surface area contributed by atoms with Crippen molar-refractivity contribution < 1.29 is 37.4 Å². The molecule has 1 unspecified atom stereocenters. The number of rotatable bonds is 9. The van der Waals surface area contributed by atoms with Crippen molar-refractivity contribution >= 4 is 40.1 Å². The average Bonchev–Trinajstić information content (AvgIpc) is 3.00. The lowest BCUT2D eigenvalue weighted by Gasteiger charge is -2.37. The van der Waals surface area contributed by atoms with Gasteiger partial charge in [0.1, 0.15) is 29.1 Å². The van der Waals surface area contributed by atoms with Crippen LogP contribution in [-0.2, 0) is 9.59 Å². The van der Waals surface area contributed by atoms with Gasteiger partial charge >= 0.3 is 6.03 Å². The number of methoxy groups -OCH3 is 2. The van der Waals surface area contributed by atoms with Crippen molar-refractivity contribution in [2.45, 2.75) is 0 Å². The Hall–Kier alpha value is -5.52. The van der Waals surface area contributed by atoms with E-state index in [4.69, 9.17) is 14.2 Å². The van der Waals surface area contributed by atoms with Crippen LogP contribution >= 0.6 is 0 Å². The maximum Gasteiger partial charge on any atom is 0.331 e. The number of nitrogens with one attached hydrogen (secondary N) is 1. The van der Waals surface area contributed by atoms with Crippen LogP contribution in [0.3, 0.4) is 0 Å². The van der Waals surface area contributed by atoms with Crippen molar-refractivity contribution in [1.82, 2.24) is 9.88 Å². The monoisotopic (exact) mass is 588 g/mol. The number of imide groups is 1. The summed E-state index contributed by atoms with van der Waals surface area (Å²) in [4.78, 5) is 45.9. The van der Waals surface area contributed by atoms with Gasteiger partial charge in [-0.25, -0.2) is 18.5 Å². The molecule has 220 valence electrons. The molecule has 1 aliphatic heterocycles. The van der Waals surface area contributed by atoms with E-state index in [1.54, 1.807) is 18.2 Å². The number of halogens is 2. The lowest BCUT2D eigenvalue weighted by molar-refractivity contribution is -0.132. The Kier molecular flexibility index (Phi) is 8.19. The molecule has 43 heavy (non-hydrogen) atoms. The molecular formula is C31H26F2N4O6. The van der Waals surface area contributed by atoms with E-state index in [0.717, 1.165) is 23.1 Å². The van der Waals surface area contributed by atoms with Crippen molar-refractivity contribution in [3.63, 3.8) is 0 Å². The second-order valence-electron chi connectivity index (χ2n) is 9.45. The van der Waals surface area contributed by atoms with Gasteiger partial charge < -0.3 is 24.4 Å². The van der Waals surface area contributed by atoms with E-state index in [-0.39, 0.29) is 30.2 Å². The zero-order valence-corrected chi connectivity index (χ0v) is 23.2. The second kappa shape index (κ2) is 12.1. The van der Waals surface area contributed by atoms with Crippen molar-refractivity contribution in [3.05, 3.63) is 91.1 Å². The number of amides is 4. The minimum absolute atomic E-state index is 0.0519. The number of aromatic nitrogens is 1. The number of hydrogen-bond acceptors (Lipinski definition) is 7. The SMILES string of the molecule is C=CCN1CC(C(=O)Nc2ccc(Oc3ccnc4cc(OC)c(OC)cc34)cc2F)C(=O)N(c2ccc(F)cc2)C1=O. The molecule has 0 radical (unpaired) electrons. The molecule has 10 nitrogen and oxygen atoms in total. The highest BCUT2D eigenvalue weighted by atomic mass is 19.1. The zero-order chi connectivity index (χ0) is 30.7. The highest BCUT2D eigenvalue weighted by molar-refractivity contribution is 6.23. The molecule has 0 bridgehead atoms. The lowest BCUT2D eigenvalue weighted by atomic mass is 10.0. The molecule has 12 heteroatoms. The Balaban J connectivity index is 1.36.